The lowest BCUT2D eigenvalue weighted by atomic mass is 10.1. The minimum Gasteiger partial charge on any atom is -0.375 e. The molecule has 2 rings (SSSR count). The molecule has 0 bridgehead atoms. The summed E-state index contributed by atoms with van der Waals surface area (Å²) in [5.41, 5.74) is 7.77. The summed E-state index contributed by atoms with van der Waals surface area (Å²) in [5, 5.41) is 1.41. The summed E-state index contributed by atoms with van der Waals surface area (Å²) in [6.45, 7) is 0. The average molecular weight is 318 g/mol. The maximum Gasteiger partial charge on any atom is 0.181 e. The van der Waals surface area contributed by atoms with Gasteiger partial charge in [-0.25, -0.2) is 4.98 Å². The molecule has 0 spiro atoms. The Labute approximate surface area is 112 Å². The van der Waals surface area contributed by atoms with E-state index in [1.807, 2.05) is 24.3 Å². The molecule has 2 nitrogen and oxygen atoms in total. The van der Waals surface area contributed by atoms with Gasteiger partial charge in [0.15, 0.2) is 5.13 Å². The Bertz CT molecular complexity index is 498. The van der Waals surface area contributed by atoms with Gasteiger partial charge in [-0.2, -0.15) is 0 Å². The van der Waals surface area contributed by atoms with Crippen LogP contribution >= 0.6 is 38.9 Å². The van der Waals surface area contributed by atoms with Gasteiger partial charge in [0.05, 0.1) is 9.48 Å². The number of hydrogen-bond acceptors (Lipinski definition) is 3. The lowest BCUT2D eigenvalue weighted by Gasteiger charge is -2.02. The molecule has 0 aliphatic heterocycles. The van der Waals surface area contributed by atoms with E-state index in [9.17, 15) is 0 Å². The molecule has 84 valence electrons. The maximum atomic E-state index is 6.08. The molecule has 1 heterocycles. The van der Waals surface area contributed by atoms with Crippen LogP contribution in [-0.2, 0) is 12.8 Å². The second kappa shape index (κ2) is 5.17. The number of anilines is 1. The smallest absolute Gasteiger partial charge is 0.181 e. The third-order valence-corrected chi connectivity index (χ3v) is 4.28. The summed E-state index contributed by atoms with van der Waals surface area (Å²) < 4.78 is 1.01. The van der Waals surface area contributed by atoms with Gasteiger partial charge in [0.2, 0.25) is 0 Å². The number of aryl methyl sites for hydroxylation is 2. The Balaban J connectivity index is 2.08. The van der Waals surface area contributed by atoms with E-state index in [-0.39, 0.29) is 0 Å². The summed E-state index contributed by atoms with van der Waals surface area (Å²) in [6.07, 6.45) is 1.72. The molecule has 1 aromatic carbocycles. The summed E-state index contributed by atoms with van der Waals surface area (Å²) >= 11 is 11.0. The van der Waals surface area contributed by atoms with E-state index in [4.69, 9.17) is 17.3 Å². The molecule has 0 fully saturated rings. The first-order valence-corrected chi connectivity index (χ1v) is 6.79. The van der Waals surface area contributed by atoms with Crippen molar-refractivity contribution in [1.82, 2.24) is 4.98 Å². The molecule has 0 saturated carbocycles. The Kier molecular flexibility index (Phi) is 3.84. The largest absolute Gasteiger partial charge is 0.375 e. The summed E-state index contributed by atoms with van der Waals surface area (Å²) in [6, 6.07) is 7.86. The second-order valence-electron chi connectivity index (χ2n) is 3.36. The molecule has 0 aliphatic rings. The van der Waals surface area contributed by atoms with Gasteiger partial charge in [-0.05, 0) is 40.4 Å². The summed E-state index contributed by atoms with van der Waals surface area (Å²) in [5.74, 6) is 0. The molecule has 0 atom stereocenters. The lowest BCUT2D eigenvalue weighted by molar-refractivity contribution is 0.923. The van der Waals surface area contributed by atoms with Crippen molar-refractivity contribution in [3.63, 3.8) is 0 Å². The highest BCUT2D eigenvalue weighted by Crippen LogP contribution is 2.28. The van der Waals surface area contributed by atoms with E-state index in [1.165, 1.54) is 11.3 Å². The number of halogens is 2. The van der Waals surface area contributed by atoms with Gasteiger partial charge in [0, 0.05) is 5.02 Å². The molecule has 1 aromatic heterocycles. The number of nitrogens with two attached hydrogens (primary N) is 1. The number of hydrogen-bond donors (Lipinski definition) is 1. The first-order valence-electron chi connectivity index (χ1n) is 4.81. The summed E-state index contributed by atoms with van der Waals surface area (Å²) in [7, 11) is 0. The lowest BCUT2D eigenvalue weighted by Crippen LogP contribution is -1.94. The number of thiazole rings is 1. The van der Waals surface area contributed by atoms with E-state index in [0.717, 1.165) is 32.9 Å². The molecular formula is C11H10BrClN2S. The average Bonchev–Trinajstić information content (AvgIpc) is 2.56. The minimum absolute atomic E-state index is 0.598. The van der Waals surface area contributed by atoms with Crippen LogP contribution in [0.25, 0.3) is 0 Å². The van der Waals surface area contributed by atoms with E-state index in [2.05, 4.69) is 20.9 Å². The van der Waals surface area contributed by atoms with Crippen molar-refractivity contribution in [3.8, 4) is 0 Å². The predicted octanol–water partition coefficient (Wildman–Crippen LogP) is 3.93. The monoisotopic (exact) mass is 316 g/mol. The van der Waals surface area contributed by atoms with Crippen LogP contribution in [0.2, 0.25) is 5.02 Å². The maximum absolute atomic E-state index is 6.08. The highest BCUT2D eigenvalue weighted by atomic mass is 79.9. The van der Waals surface area contributed by atoms with Crippen LogP contribution in [0.5, 0.6) is 0 Å². The van der Waals surface area contributed by atoms with E-state index >= 15 is 0 Å². The second-order valence-corrected chi connectivity index (χ2v) is 6.12. The molecule has 0 saturated heterocycles. The topological polar surface area (TPSA) is 38.9 Å². The van der Waals surface area contributed by atoms with Crippen LogP contribution in [0.3, 0.4) is 0 Å². The molecule has 2 N–H and O–H groups in total. The fourth-order valence-electron chi connectivity index (χ4n) is 1.46. The number of nitrogen functional groups attached to an aromatic ring is 1. The van der Waals surface area contributed by atoms with Crippen LogP contribution in [0.1, 0.15) is 11.3 Å². The van der Waals surface area contributed by atoms with Gasteiger partial charge in [0.25, 0.3) is 0 Å². The zero-order chi connectivity index (χ0) is 11.5. The van der Waals surface area contributed by atoms with Crippen molar-refractivity contribution in [2.24, 2.45) is 0 Å². The fraction of sp³-hybridized carbons (Fsp3) is 0.182. The van der Waals surface area contributed by atoms with Crippen molar-refractivity contribution >= 4 is 44.0 Å². The van der Waals surface area contributed by atoms with Crippen molar-refractivity contribution in [2.45, 2.75) is 12.8 Å². The molecule has 2 aromatic rings. The molecule has 0 amide bonds. The summed E-state index contributed by atoms with van der Waals surface area (Å²) in [4.78, 5) is 4.26. The number of aromatic nitrogens is 1. The van der Waals surface area contributed by atoms with Crippen LogP contribution in [0, 0.1) is 0 Å². The highest BCUT2D eigenvalue weighted by molar-refractivity contribution is 9.11. The highest BCUT2D eigenvalue weighted by Gasteiger charge is 2.07. The Hall–Kier alpha value is -0.580. The molecule has 0 radical (unpaired) electrons. The van der Waals surface area contributed by atoms with Crippen LogP contribution < -0.4 is 5.73 Å². The van der Waals surface area contributed by atoms with Crippen molar-refractivity contribution in [2.75, 3.05) is 5.73 Å². The van der Waals surface area contributed by atoms with E-state index < -0.39 is 0 Å². The quantitative estimate of drug-likeness (QED) is 0.931. The number of nitrogens with zero attached hydrogens (tertiary/aromatic N) is 1. The van der Waals surface area contributed by atoms with Crippen LogP contribution in [-0.4, -0.2) is 4.98 Å². The van der Waals surface area contributed by atoms with Crippen molar-refractivity contribution in [3.05, 3.63) is 44.3 Å². The standard InChI is InChI=1S/C11H10BrClN2S/c12-10-9(15-11(14)16-10)6-5-7-3-1-2-4-8(7)13/h1-4H,5-6H2,(H2,14,15). The van der Waals surface area contributed by atoms with Crippen molar-refractivity contribution in [1.29, 1.82) is 0 Å². The Morgan fingerprint density at radius 1 is 1.31 bits per heavy atom. The van der Waals surface area contributed by atoms with Crippen molar-refractivity contribution < 1.29 is 0 Å². The molecule has 5 heteroatoms. The van der Waals surface area contributed by atoms with Gasteiger partial charge >= 0.3 is 0 Å². The first-order chi connectivity index (χ1) is 7.66. The Morgan fingerprint density at radius 3 is 2.69 bits per heavy atom. The third kappa shape index (κ3) is 2.75. The van der Waals surface area contributed by atoms with Gasteiger partial charge in [-0.3, -0.25) is 0 Å². The third-order valence-electron chi connectivity index (χ3n) is 2.26. The molecular weight excluding hydrogens is 308 g/mol. The fourth-order valence-corrected chi connectivity index (χ4v) is 3.08. The van der Waals surface area contributed by atoms with Gasteiger partial charge < -0.3 is 5.73 Å². The molecule has 16 heavy (non-hydrogen) atoms. The SMILES string of the molecule is Nc1nc(CCc2ccccc2Cl)c(Br)s1. The zero-order valence-corrected chi connectivity index (χ0v) is 11.6. The number of benzene rings is 1. The zero-order valence-electron chi connectivity index (χ0n) is 8.41. The van der Waals surface area contributed by atoms with Crippen LogP contribution in [0.15, 0.2) is 28.1 Å². The normalized spacial score (nSPS) is 10.6. The van der Waals surface area contributed by atoms with Gasteiger partial charge in [-0.1, -0.05) is 41.1 Å². The van der Waals surface area contributed by atoms with Crippen LogP contribution in [0.4, 0.5) is 5.13 Å². The van der Waals surface area contributed by atoms with Gasteiger partial charge in [-0.15, -0.1) is 0 Å². The minimum atomic E-state index is 0.598. The molecule has 0 unspecified atom stereocenters. The number of rotatable bonds is 3. The Morgan fingerprint density at radius 2 is 2.06 bits per heavy atom. The van der Waals surface area contributed by atoms with E-state index in [1.54, 1.807) is 0 Å². The van der Waals surface area contributed by atoms with Gasteiger partial charge in [0.1, 0.15) is 0 Å². The van der Waals surface area contributed by atoms with E-state index in [0.29, 0.717) is 5.13 Å². The molecule has 0 aliphatic carbocycles. The first kappa shape index (κ1) is 11.9. The predicted molar refractivity (Wildman–Crippen MR) is 73.1 cm³/mol.